The average molecular weight is 309 g/mol. The molecule has 1 aromatic carbocycles. The van der Waals surface area contributed by atoms with E-state index < -0.39 is 0 Å². The Kier molecular flexibility index (Phi) is 9.36. The third-order valence-electron chi connectivity index (χ3n) is 3.61. The molecule has 1 heterocycles. The fourth-order valence-electron chi connectivity index (χ4n) is 2.54. The molecule has 1 aliphatic rings. The van der Waals surface area contributed by atoms with Gasteiger partial charge in [-0.25, -0.2) is 4.39 Å². The highest BCUT2D eigenvalue weighted by Gasteiger charge is 2.19. The third kappa shape index (κ3) is 5.65. The Morgan fingerprint density at radius 3 is 2.21 bits per heavy atom. The molecule has 0 aromatic heterocycles. The topological polar surface area (TPSA) is 29.3 Å². The first kappa shape index (κ1) is 18.7. The summed E-state index contributed by atoms with van der Waals surface area (Å²) in [4.78, 5) is 2.48. The van der Waals surface area contributed by atoms with E-state index in [-0.39, 0.29) is 30.6 Å². The summed E-state index contributed by atoms with van der Waals surface area (Å²) in [5.41, 5.74) is 6.80. The molecule has 5 heteroatoms. The molecule has 0 saturated carbocycles. The lowest BCUT2D eigenvalue weighted by Crippen LogP contribution is -2.34. The van der Waals surface area contributed by atoms with Gasteiger partial charge >= 0.3 is 0 Å². The Bertz CT molecular complexity index is 338. The van der Waals surface area contributed by atoms with Crippen LogP contribution in [0.5, 0.6) is 0 Å². The number of nitrogens with zero attached hydrogens (tertiary/aromatic N) is 1. The number of likely N-dealkylation sites (tertiary alicyclic amines) is 1. The Balaban J connectivity index is 0.00000162. The first-order valence-electron chi connectivity index (χ1n) is 6.47. The van der Waals surface area contributed by atoms with Crippen LogP contribution in [-0.4, -0.2) is 31.1 Å². The monoisotopic (exact) mass is 308 g/mol. The van der Waals surface area contributed by atoms with Crippen LogP contribution >= 0.6 is 24.8 Å². The van der Waals surface area contributed by atoms with E-state index in [1.807, 2.05) is 12.1 Å². The minimum Gasteiger partial charge on any atom is -0.330 e. The van der Waals surface area contributed by atoms with Crippen LogP contribution in [0, 0.1) is 5.82 Å². The van der Waals surface area contributed by atoms with Crippen molar-refractivity contribution in [2.45, 2.75) is 25.2 Å². The molecule has 1 fully saturated rings. The molecule has 0 unspecified atom stereocenters. The van der Waals surface area contributed by atoms with E-state index >= 15 is 0 Å². The summed E-state index contributed by atoms with van der Waals surface area (Å²) in [7, 11) is 0. The summed E-state index contributed by atoms with van der Waals surface area (Å²) < 4.78 is 12.8. The zero-order valence-corrected chi connectivity index (χ0v) is 12.7. The number of halogens is 3. The predicted octanol–water partition coefficient (Wildman–Crippen LogP) is 3.20. The van der Waals surface area contributed by atoms with E-state index in [2.05, 4.69) is 4.90 Å². The van der Waals surface area contributed by atoms with Crippen molar-refractivity contribution in [1.29, 1.82) is 0 Å². The fraction of sp³-hybridized carbons (Fsp3) is 0.571. The van der Waals surface area contributed by atoms with Crippen LogP contribution in [-0.2, 0) is 0 Å². The normalized spacial score (nSPS) is 16.5. The number of rotatable bonds is 4. The van der Waals surface area contributed by atoms with E-state index in [9.17, 15) is 4.39 Å². The third-order valence-corrected chi connectivity index (χ3v) is 3.61. The first-order chi connectivity index (χ1) is 8.29. The van der Waals surface area contributed by atoms with Crippen LogP contribution in [0.2, 0.25) is 0 Å². The van der Waals surface area contributed by atoms with Crippen molar-refractivity contribution >= 4 is 24.8 Å². The Hall–Kier alpha value is -0.350. The fourth-order valence-corrected chi connectivity index (χ4v) is 2.54. The minimum absolute atomic E-state index is 0. The number of hydrogen-bond donors (Lipinski definition) is 1. The van der Waals surface area contributed by atoms with Gasteiger partial charge in [-0.05, 0) is 69.1 Å². The van der Waals surface area contributed by atoms with Crippen LogP contribution in [0.25, 0.3) is 0 Å². The van der Waals surface area contributed by atoms with Gasteiger partial charge in [0.15, 0.2) is 0 Å². The second-order valence-electron chi connectivity index (χ2n) is 4.81. The Morgan fingerprint density at radius 2 is 1.68 bits per heavy atom. The molecule has 1 aromatic rings. The maximum atomic E-state index is 12.8. The summed E-state index contributed by atoms with van der Waals surface area (Å²) >= 11 is 0. The quantitative estimate of drug-likeness (QED) is 0.925. The molecule has 1 saturated heterocycles. The van der Waals surface area contributed by atoms with Crippen molar-refractivity contribution in [1.82, 2.24) is 4.90 Å². The van der Waals surface area contributed by atoms with Crippen LogP contribution < -0.4 is 5.73 Å². The molecule has 0 spiro atoms. The molecule has 2 nitrogen and oxygen atoms in total. The van der Waals surface area contributed by atoms with Crippen LogP contribution in [0.4, 0.5) is 4.39 Å². The van der Waals surface area contributed by atoms with E-state index in [1.165, 1.54) is 18.4 Å². The average Bonchev–Trinajstić information content (AvgIpc) is 2.38. The smallest absolute Gasteiger partial charge is 0.123 e. The molecule has 2 N–H and O–H groups in total. The summed E-state index contributed by atoms with van der Waals surface area (Å²) in [6, 6.07) is 6.98. The Labute approximate surface area is 127 Å². The minimum atomic E-state index is -0.144. The van der Waals surface area contributed by atoms with Gasteiger partial charge in [0.1, 0.15) is 5.82 Å². The second kappa shape index (κ2) is 9.54. The van der Waals surface area contributed by atoms with Gasteiger partial charge in [-0.2, -0.15) is 0 Å². The van der Waals surface area contributed by atoms with E-state index in [0.717, 1.165) is 32.6 Å². The van der Waals surface area contributed by atoms with E-state index in [0.29, 0.717) is 5.92 Å². The second-order valence-corrected chi connectivity index (χ2v) is 4.81. The predicted molar refractivity (Wildman–Crippen MR) is 83.0 cm³/mol. The summed E-state index contributed by atoms with van der Waals surface area (Å²) in [5, 5.41) is 0. The summed E-state index contributed by atoms with van der Waals surface area (Å²) in [6.07, 6.45) is 3.44. The molecule has 2 rings (SSSR count). The number of benzene rings is 1. The van der Waals surface area contributed by atoms with Crippen molar-refractivity contribution < 1.29 is 4.39 Å². The Morgan fingerprint density at radius 1 is 1.11 bits per heavy atom. The van der Waals surface area contributed by atoms with Crippen molar-refractivity contribution in [3.8, 4) is 0 Å². The zero-order chi connectivity index (χ0) is 12.1. The van der Waals surface area contributed by atoms with Crippen molar-refractivity contribution in [2.75, 3.05) is 26.2 Å². The highest BCUT2D eigenvalue weighted by atomic mass is 35.5. The molecular weight excluding hydrogens is 286 g/mol. The maximum absolute atomic E-state index is 12.8. The van der Waals surface area contributed by atoms with E-state index in [4.69, 9.17) is 5.73 Å². The number of nitrogens with two attached hydrogens (primary N) is 1. The van der Waals surface area contributed by atoms with Crippen LogP contribution in [0.1, 0.15) is 30.7 Å². The molecule has 0 bridgehead atoms. The summed E-state index contributed by atoms with van der Waals surface area (Å²) in [6.45, 7) is 4.18. The van der Waals surface area contributed by atoms with Gasteiger partial charge in [-0.3, -0.25) is 0 Å². The van der Waals surface area contributed by atoms with Crippen LogP contribution in [0.3, 0.4) is 0 Å². The molecule has 0 amide bonds. The van der Waals surface area contributed by atoms with Gasteiger partial charge < -0.3 is 10.6 Å². The van der Waals surface area contributed by atoms with Crippen molar-refractivity contribution in [2.24, 2.45) is 5.73 Å². The maximum Gasteiger partial charge on any atom is 0.123 e. The van der Waals surface area contributed by atoms with E-state index in [1.54, 1.807) is 12.1 Å². The van der Waals surface area contributed by atoms with Crippen molar-refractivity contribution in [3.05, 3.63) is 35.6 Å². The molecule has 0 aliphatic carbocycles. The highest BCUT2D eigenvalue weighted by molar-refractivity contribution is 5.85. The number of piperidine rings is 1. The van der Waals surface area contributed by atoms with Gasteiger partial charge in [-0.1, -0.05) is 12.1 Å². The molecular formula is C14H23Cl2FN2. The molecule has 110 valence electrons. The van der Waals surface area contributed by atoms with Gasteiger partial charge in [0.05, 0.1) is 0 Å². The molecule has 1 aliphatic heterocycles. The standard InChI is InChI=1S/C14H21FN2.2ClH/c15-14-4-2-12(3-5-14)13-6-10-17(11-7-13)9-1-8-16;;/h2-5,13H,1,6-11,16H2;2*1H. The highest BCUT2D eigenvalue weighted by Crippen LogP contribution is 2.27. The number of hydrogen-bond acceptors (Lipinski definition) is 2. The molecule has 19 heavy (non-hydrogen) atoms. The largest absolute Gasteiger partial charge is 0.330 e. The lowest BCUT2D eigenvalue weighted by atomic mass is 9.89. The summed E-state index contributed by atoms with van der Waals surface area (Å²) in [5.74, 6) is 0.457. The molecule has 0 atom stereocenters. The molecule has 0 radical (unpaired) electrons. The zero-order valence-electron chi connectivity index (χ0n) is 11.1. The SMILES string of the molecule is Cl.Cl.NCCCN1CCC(c2ccc(F)cc2)CC1. The van der Waals surface area contributed by atoms with Crippen molar-refractivity contribution in [3.63, 3.8) is 0 Å². The van der Waals surface area contributed by atoms with Gasteiger partial charge in [-0.15, -0.1) is 24.8 Å². The lowest BCUT2D eigenvalue weighted by molar-refractivity contribution is 0.211. The van der Waals surface area contributed by atoms with Gasteiger partial charge in [0.2, 0.25) is 0 Å². The van der Waals surface area contributed by atoms with Crippen LogP contribution in [0.15, 0.2) is 24.3 Å². The van der Waals surface area contributed by atoms with Gasteiger partial charge in [0.25, 0.3) is 0 Å². The lowest BCUT2D eigenvalue weighted by Gasteiger charge is -2.32. The first-order valence-corrected chi connectivity index (χ1v) is 6.47. The van der Waals surface area contributed by atoms with Gasteiger partial charge in [0, 0.05) is 0 Å².